The minimum atomic E-state index is -0.121. The van der Waals surface area contributed by atoms with E-state index in [4.69, 9.17) is 0 Å². The van der Waals surface area contributed by atoms with E-state index in [1.807, 2.05) is 25.1 Å². The topological polar surface area (TPSA) is 54.9 Å². The van der Waals surface area contributed by atoms with E-state index in [2.05, 4.69) is 14.1 Å². The molecule has 4 nitrogen and oxygen atoms in total. The number of hydrogen-bond acceptors (Lipinski definition) is 5. The van der Waals surface area contributed by atoms with Gasteiger partial charge in [-0.15, -0.1) is 0 Å². The summed E-state index contributed by atoms with van der Waals surface area (Å²) in [4.78, 5) is 12.0. The van der Waals surface area contributed by atoms with Crippen LogP contribution in [0.25, 0.3) is 10.1 Å². The van der Waals surface area contributed by atoms with Crippen LogP contribution < -0.4 is 5.32 Å². The summed E-state index contributed by atoms with van der Waals surface area (Å²) in [6.07, 6.45) is 1.80. The molecule has 0 aliphatic rings. The van der Waals surface area contributed by atoms with Crippen molar-refractivity contribution >= 4 is 44.7 Å². The van der Waals surface area contributed by atoms with Gasteiger partial charge in [0, 0.05) is 22.7 Å². The molecule has 2 aromatic heterocycles. The number of aryl methyl sites for hydroxylation is 1. The van der Waals surface area contributed by atoms with E-state index in [1.165, 1.54) is 23.1 Å². The number of fused-ring (bicyclic) bond motifs is 1. The lowest BCUT2D eigenvalue weighted by Crippen LogP contribution is -2.12. The molecular weight excluding hydrogens is 266 g/mol. The third kappa shape index (κ3) is 2.00. The van der Waals surface area contributed by atoms with Crippen molar-refractivity contribution in [2.45, 2.75) is 6.92 Å². The van der Waals surface area contributed by atoms with Gasteiger partial charge >= 0.3 is 0 Å². The first-order valence-corrected chi connectivity index (χ1v) is 6.92. The van der Waals surface area contributed by atoms with Crippen LogP contribution in [0.3, 0.4) is 0 Å². The highest BCUT2D eigenvalue weighted by Gasteiger charge is 2.11. The molecular formula is C12H9N3OS2. The lowest BCUT2D eigenvalue weighted by Gasteiger charge is -2.04. The van der Waals surface area contributed by atoms with Gasteiger partial charge in [-0.25, -0.2) is 0 Å². The molecule has 0 unspecified atom stereocenters. The van der Waals surface area contributed by atoms with Crippen molar-refractivity contribution in [3.63, 3.8) is 0 Å². The number of rotatable bonds is 2. The molecule has 3 rings (SSSR count). The maximum Gasteiger partial charge on any atom is 0.258 e. The van der Waals surface area contributed by atoms with Crippen LogP contribution >= 0.6 is 23.1 Å². The van der Waals surface area contributed by atoms with Gasteiger partial charge in [0.05, 0.1) is 16.0 Å². The number of carbonyl (C=O) groups is 1. The van der Waals surface area contributed by atoms with E-state index in [-0.39, 0.29) is 5.91 Å². The minimum Gasteiger partial charge on any atom is -0.322 e. The quantitative estimate of drug-likeness (QED) is 0.780. The number of amides is 1. The Balaban J connectivity index is 1.88. The average Bonchev–Trinajstić information content (AvgIpc) is 2.96. The molecule has 1 amide bonds. The smallest absolute Gasteiger partial charge is 0.258 e. The van der Waals surface area contributed by atoms with E-state index in [0.717, 1.165) is 21.5 Å². The Bertz CT molecular complexity index is 717. The summed E-state index contributed by atoms with van der Waals surface area (Å²) in [5.41, 5.74) is 2.16. The lowest BCUT2D eigenvalue weighted by atomic mass is 10.2. The average molecular weight is 275 g/mol. The van der Waals surface area contributed by atoms with E-state index < -0.39 is 0 Å². The molecule has 0 fully saturated rings. The number of nitrogens with one attached hydrogen (secondary N) is 1. The summed E-state index contributed by atoms with van der Waals surface area (Å²) in [6.45, 7) is 1.83. The van der Waals surface area contributed by atoms with Crippen molar-refractivity contribution in [3.8, 4) is 0 Å². The largest absolute Gasteiger partial charge is 0.322 e. The molecule has 0 spiro atoms. The predicted molar refractivity (Wildman–Crippen MR) is 74.4 cm³/mol. The Labute approximate surface area is 112 Å². The van der Waals surface area contributed by atoms with Crippen LogP contribution in [0.4, 0.5) is 5.69 Å². The fourth-order valence-electron chi connectivity index (χ4n) is 1.66. The maximum absolute atomic E-state index is 12.0. The highest BCUT2D eigenvalue weighted by atomic mass is 32.1. The zero-order chi connectivity index (χ0) is 12.5. The number of hydrogen-bond donors (Lipinski definition) is 1. The first-order chi connectivity index (χ1) is 8.74. The fraction of sp³-hybridized carbons (Fsp3) is 0.0833. The van der Waals surface area contributed by atoms with E-state index >= 15 is 0 Å². The molecule has 18 heavy (non-hydrogen) atoms. The van der Waals surface area contributed by atoms with E-state index in [1.54, 1.807) is 11.6 Å². The number of nitrogens with zero attached hydrogens (tertiary/aromatic N) is 2. The monoisotopic (exact) mass is 275 g/mol. The van der Waals surface area contributed by atoms with E-state index in [9.17, 15) is 4.79 Å². The molecule has 90 valence electrons. The van der Waals surface area contributed by atoms with Crippen molar-refractivity contribution < 1.29 is 4.79 Å². The van der Waals surface area contributed by atoms with Gasteiger partial charge in [0.2, 0.25) is 0 Å². The maximum atomic E-state index is 12.0. The van der Waals surface area contributed by atoms with Gasteiger partial charge < -0.3 is 5.32 Å². The molecule has 2 heterocycles. The minimum absolute atomic E-state index is 0.121. The second-order valence-electron chi connectivity index (χ2n) is 3.85. The van der Waals surface area contributed by atoms with Gasteiger partial charge in [0.15, 0.2) is 0 Å². The highest BCUT2D eigenvalue weighted by molar-refractivity contribution is 7.13. The summed E-state index contributed by atoms with van der Waals surface area (Å²) >= 11 is 2.73. The molecule has 0 bridgehead atoms. The van der Waals surface area contributed by atoms with Gasteiger partial charge in [-0.1, -0.05) is 0 Å². The van der Waals surface area contributed by atoms with Crippen LogP contribution in [-0.2, 0) is 0 Å². The Kier molecular flexibility index (Phi) is 2.81. The van der Waals surface area contributed by atoms with Crippen molar-refractivity contribution in [1.82, 2.24) is 8.75 Å². The van der Waals surface area contributed by atoms with Crippen LogP contribution in [0.5, 0.6) is 0 Å². The third-order valence-electron chi connectivity index (χ3n) is 2.61. The first kappa shape index (κ1) is 11.3. The molecule has 0 atom stereocenters. The highest BCUT2D eigenvalue weighted by Crippen LogP contribution is 2.22. The second kappa shape index (κ2) is 4.47. The van der Waals surface area contributed by atoms with Gasteiger partial charge in [0.1, 0.15) is 0 Å². The molecule has 1 aromatic carbocycles. The Morgan fingerprint density at radius 2 is 2.28 bits per heavy atom. The molecule has 6 heteroatoms. The fourth-order valence-corrected chi connectivity index (χ4v) is 2.98. The van der Waals surface area contributed by atoms with Crippen LogP contribution in [0, 0.1) is 6.92 Å². The van der Waals surface area contributed by atoms with Gasteiger partial charge in [-0.2, -0.15) is 8.75 Å². The number of anilines is 1. The predicted octanol–water partition coefficient (Wildman–Crippen LogP) is 3.31. The molecule has 1 N–H and O–H groups in total. The summed E-state index contributed by atoms with van der Waals surface area (Å²) in [5.74, 6) is -0.121. The number of carbonyl (C=O) groups excluding carboxylic acids is 1. The standard InChI is InChI=1S/C12H9N3OS2/c1-7-10(6-17-15-7)12(16)14-9-2-3-11-8(4-9)5-13-18-11/h2-6H,1H3,(H,14,16). The second-order valence-corrected chi connectivity index (χ2v) is 5.31. The van der Waals surface area contributed by atoms with Crippen molar-refractivity contribution in [2.75, 3.05) is 5.32 Å². The van der Waals surface area contributed by atoms with Crippen molar-refractivity contribution in [1.29, 1.82) is 0 Å². The summed E-state index contributed by atoms with van der Waals surface area (Å²) in [6, 6.07) is 5.76. The molecule has 0 saturated heterocycles. The zero-order valence-electron chi connectivity index (χ0n) is 9.51. The van der Waals surface area contributed by atoms with Crippen molar-refractivity contribution in [3.05, 3.63) is 41.0 Å². The lowest BCUT2D eigenvalue weighted by molar-refractivity contribution is 0.102. The van der Waals surface area contributed by atoms with Crippen molar-refractivity contribution in [2.24, 2.45) is 0 Å². The summed E-state index contributed by atoms with van der Waals surface area (Å²) < 4.78 is 9.31. The molecule has 3 aromatic rings. The van der Waals surface area contributed by atoms with Crippen LogP contribution in [0.2, 0.25) is 0 Å². The molecule has 0 radical (unpaired) electrons. The molecule has 0 saturated carbocycles. The van der Waals surface area contributed by atoms with Gasteiger partial charge in [0.25, 0.3) is 5.91 Å². The van der Waals surface area contributed by atoms with Crippen LogP contribution in [0.1, 0.15) is 16.1 Å². The third-order valence-corrected chi connectivity index (χ3v) is 4.10. The SMILES string of the molecule is Cc1nscc1C(=O)Nc1ccc2sncc2c1. The number of benzene rings is 1. The Hall–Kier alpha value is -1.79. The Morgan fingerprint density at radius 3 is 3.06 bits per heavy atom. The van der Waals surface area contributed by atoms with Crippen LogP contribution in [0.15, 0.2) is 29.8 Å². The van der Waals surface area contributed by atoms with Crippen LogP contribution in [-0.4, -0.2) is 14.7 Å². The normalized spacial score (nSPS) is 10.7. The van der Waals surface area contributed by atoms with Gasteiger partial charge in [-0.05, 0) is 48.2 Å². The Morgan fingerprint density at radius 1 is 1.39 bits per heavy atom. The molecule has 0 aliphatic heterocycles. The zero-order valence-corrected chi connectivity index (χ0v) is 11.1. The molecule has 0 aliphatic carbocycles. The summed E-state index contributed by atoms with van der Waals surface area (Å²) in [5, 5.41) is 5.67. The summed E-state index contributed by atoms with van der Waals surface area (Å²) in [7, 11) is 0. The first-order valence-electron chi connectivity index (χ1n) is 5.31. The van der Waals surface area contributed by atoms with Gasteiger partial charge in [-0.3, -0.25) is 4.79 Å². The number of aromatic nitrogens is 2. The van der Waals surface area contributed by atoms with E-state index in [0.29, 0.717) is 5.56 Å².